The number of aromatic nitrogens is 2. The van der Waals surface area contributed by atoms with E-state index >= 15 is 0 Å². The molecule has 0 spiro atoms. The minimum atomic E-state index is 0.0911. The molecule has 1 N–H and O–H groups in total. The molecule has 1 aliphatic rings. The molecule has 1 fully saturated rings. The van der Waals surface area contributed by atoms with E-state index in [4.69, 9.17) is 0 Å². The third-order valence-corrected chi connectivity index (χ3v) is 5.34. The molecule has 19 heavy (non-hydrogen) atoms. The Morgan fingerprint density at radius 2 is 2.21 bits per heavy atom. The van der Waals surface area contributed by atoms with Crippen molar-refractivity contribution in [3.8, 4) is 0 Å². The minimum absolute atomic E-state index is 0.0911. The number of thioether (sulfide) groups is 1. The molecular formula is C13H21N3OS2. The van der Waals surface area contributed by atoms with E-state index in [1.54, 1.807) is 23.1 Å². The van der Waals surface area contributed by atoms with Crippen molar-refractivity contribution in [3.63, 3.8) is 0 Å². The highest BCUT2D eigenvalue weighted by Crippen LogP contribution is 2.33. The second-order valence-corrected chi connectivity index (χ2v) is 7.75. The van der Waals surface area contributed by atoms with Gasteiger partial charge in [0.1, 0.15) is 5.78 Å². The molecule has 1 aliphatic carbocycles. The topological polar surface area (TPSA) is 54.9 Å². The lowest BCUT2D eigenvalue weighted by molar-refractivity contribution is -0.118. The highest BCUT2D eigenvalue weighted by Gasteiger charge is 2.23. The molecule has 1 aromatic rings. The zero-order valence-electron chi connectivity index (χ0n) is 11.5. The summed E-state index contributed by atoms with van der Waals surface area (Å²) < 4.78 is 0.909. The lowest BCUT2D eigenvalue weighted by Crippen LogP contribution is -2.14. The Balaban J connectivity index is 1.89. The van der Waals surface area contributed by atoms with Gasteiger partial charge in [-0.1, -0.05) is 49.8 Å². The van der Waals surface area contributed by atoms with Gasteiger partial charge in [0.15, 0.2) is 4.34 Å². The van der Waals surface area contributed by atoms with E-state index in [-0.39, 0.29) is 5.25 Å². The van der Waals surface area contributed by atoms with Crippen molar-refractivity contribution in [2.45, 2.75) is 55.5 Å². The first-order chi connectivity index (χ1) is 9.15. The van der Waals surface area contributed by atoms with E-state index in [0.717, 1.165) is 41.7 Å². The number of hydrogen-bond donors (Lipinski definition) is 1. The van der Waals surface area contributed by atoms with E-state index in [1.807, 2.05) is 0 Å². The first-order valence-corrected chi connectivity index (χ1v) is 8.61. The third kappa shape index (κ3) is 4.76. The van der Waals surface area contributed by atoms with E-state index in [2.05, 4.69) is 29.4 Å². The van der Waals surface area contributed by atoms with Gasteiger partial charge in [-0.25, -0.2) is 0 Å². The van der Waals surface area contributed by atoms with Crippen LogP contribution < -0.4 is 5.32 Å². The van der Waals surface area contributed by atoms with Crippen molar-refractivity contribution in [2.75, 3.05) is 11.9 Å². The zero-order chi connectivity index (χ0) is 13.7. The van der Waals surface area contributed by atoms with Crippen LogP contribution in [0.2, 0.25) is 0 Å². The molecule has 106 valence electrons. The molecule has 2 rings (SSSR count). The van der Waals surface area contributed by atoms with E-state index in [9.17, 15) is 4.79 Å². The van der Waals surface area contributed by atoms with Crippen LogP contribution in [0, 0.1) is 5.92 Å². The normalized spacial score (nSPS) is 20.6. The number of rotatable bonds is 5. The number of anilines is 1. The number of hydrogen-bond acceptors (Lipinski definition) is 6. The van der Waals surface area contributed by atoms with Gasteiger partial charge in [0.05, 0.1) is 5.25 Å². The largest absolute Gasteiger partial charge is 0.360 e. The summed E-state index contributed by atoms with van der Waals surface area (Å²) >= 11 is 3.15. The van der Waals surface area contributed by atoms with Crippen molar-refractivity contribution in [2.24, 2.45) is 5.92 Å². The van der Waals surface area contributed by atoms with Gasteiger partial charge in [0.2, 0.25) is 5.13 Å². The molecule has 1 atom stereocenters. The Labute approximate surface area is 122 Å². The monoisotopic (exact) mass is 299 g/mol. The van der Waals surface area contributed by atoms with Gasteiger partial charge in [0, 0.05) is 13.0 Å². The molecule has 1 heterocycles. The highest BCUT2D eigenvalue weighted by molar-refractivity contribution is 8.02. The lowest BCUT2D eigenvalue weighted by Gasteiger charge is -2.09. The van der Waals surface area contributed by atoms with Crippen LogP contribution in [0.5, 0.6) is 0 Å². The van der Waals surface area contributed by atoms with Crippen LogP contribution in [0.15, 0.2) is 4.34 Å². The van der Waals surface area contributed by atoms with Crippen LogP contribution in [0.3, 0.4) is 0 Å². The number of Topliss-reactive ketones (excluding diaryl/α,β-unsaturated/α-hetero) is 1. The van der Waals surface area contributed by atoms with Gasteiger partial charge in [-0.05, 0) is 18.8 Å². The molecule has 4 nitrogen and oxygen atoms in total. The molecular weight excluding hydrogens is 278 g/mol. The van der Waals surface area contributed by atoms with Gasteiger partial charge in [-0.3, -0.25) is 4.79 Å². The standard InChI is InChI=1S/C13H21N3OS2/c1-9(2)8-14-12-15-16-13(19-12)18-11-7-5-3-4-6-10(11)17/h9,11H,3-8H2,1-2H3,(H,14,15). The van der Waals surface area contributed by atoms with Crippen molar-refractivity contribution < 1.29 is 4.79 Å². The predicted octanol–water partition coefficient (Wildman–Crippen LogP) is 3.60. The molecule has 0 aromatic carbocycles. The maximum Gasteiger partial charge on any atom is 0.206 e. The number of nitrogens with one attached hydrogen (secondary N) is 1. The van der Waals surface area contributed by atoms with Crippen molar-refractivity contribution in [3.05, 3.63) is 0 Å². The minimum Gasteiger partial charge on any atom is -0.360 e. The van der Waals surface area contributed by atoms with Crippen LogP contribution >= 0.6 is 23.1 Å². The molecule has 6 heteroatoms. The SMILES string of the molecule is CC(C)CNc1nnc(SC2CCCCCC2=O)s1. The van der Waals surface area contributed by atoms with E-state index < -0.39 is 0 Å². The number of nitrogens with zero attached hydrogens (tertiary/aromatic N) is 2. The van der Waals surface area contributed by atoms with Crippen molar-refractivity contribution >= 4 is 34.0 Å². The zero-order valence-corrected chi connectivity index (χ0v) is 13.1. The summed E-state index contributed by atoms with van der Waals surface area (Å²) in [5.74, 6) is 0.970. The summed E-state index contributed by atoms with van der Waals surface area (Å²) in [6.45, 7) is 5.23. The van der Waals surface area contributed by atoms with E-state index in [0.29, 0.717) is 11.7 Å². The number of ketones is 1. The van der Waals surface area contributed by atoms with Crippen LogP contribution in [-0.4, -0.2) is 27.8 Å². The highest BCUT2D eigenvalue weighted by atomic mass is 32.2. The summed E-state index contributed by atoms with van der Waals surface area (Å²) in [4.78, 5) is 12.0. The average molecular weight is 299 g/mol. The summed E-state index contributed by atoms with van der Waals surface area (Å²) in [6.07, 6.45) is 5.10. The van der Waals surface area contributed by atoms with Gasteiger partial charge in [-0.2, -0.15) is 0 Å². The van der Waals surface area contributed by atoms with Crippen molar-refractivity contribution in [1.29, 1.82) is 0 Å². The molecule has 1 unspecified atom stereocenters. The summed E-state index contributed by atoms with van der Waals surface area (Å²) in [5.41, 5.74) is 0. The smallest absolute Gasteiger partial charge is 0.206 e. The Morgan fingerprint density at radius 3 is 3.00 bits per heavy atom. The number of carbonyl (C=O) groups excluding carboxylic acids is 1. The molecule has 0 bridgehead atoms. The first-order valence-electron chi connectivity index (χ1n) is 6.92. The van der Waals surface area contributed by atoms with Crippen molar-refractivity contribution in [1.82, 2.24) is 10.2 Å². The fourth-order valence-corrected chi connectivity index (χ4v) is 4.12. The molecule has 0 amide bonds. The fraction of sp³-hybridized carbons (Fsp3) is 0.769. The molecule has 1 saturated carbocycles. The van der Waals surface area contributed by atoms with Crippen LogP contribution in [0.1, 0.15) is 46.0 Å². The number of carbonyl (C=O) groups is 1. The van der Waals surface area contributed by atoms with Gasteiger partial charge < -0.3 is 5.32 Å². The average Bonchev–Trinajstić information content (AvgIpc) is 2.72. The summed E-state index contributed by atoms with van der Waals surface area (Å²) in [7, 11) is 0. The van der Waals surface area contributed by atoms with Crippen LogP contribution in [0.25, 0.3) is 0 Å². The third-order valence-electron chi connectivity index (χ3n) is 3.06. The van der Waals surface area contributed by atoms with Crippen LogP contribution in [-0.2, 0) is 4.79 Å². The maximum absolute atomic E-state index is 12.0. The molecule has 1 aromatic heterocycles. The Hall–Kier alpha value is -0.620. The second kappa shape index (κ2) is 7.24. The maximum atomic E-state index is 12.0. The lowest BCUT2D eigenvalue weighted by atomic mass is 10.2. The Bertz CT molecular complexity index is 420. The van der Waals surface area contributed by atoms with Crippen LogP contribution in [0.4, 0.5) is 5.13 Å². The quantitative estimate of drug-likeness (QED) is 0.842. The predicted molar refractivity (Wildman–Crippen MR) is 81.0 cm³/mol. The summed E-state index contributed by atoms with van der Waals surface area (Å²) in [5, 5.41) is 12.5. The van der Waals surface area contributed by atoms with Gasteiger partial charge in [0.25, 0.3) is 0 Å². The molecule has 0 radical (unpaired) electrons. The second-order valence-electron chi connectivity index (χ2n) is 5.32. The fourth-order valence-electron chi connectivity index (χ4n) is 1.99. The van der Waals surface area contributed by atoms with Gasteiger partial charge >= 0.3 is 0 Å². The van der Waals surface area contributed by atoms with E-state index in [1.165, 1.54) is 6.42 Å². The summed E-state index contributed by atoms with van der Waals surface area (Å²) in [6, 6.07) is 0. The first kappa shape index (κ1) is 14.8. The van der Waals surface area contributed by atoms with Gasteiger partial charge in [-0.15, -0.1) is 10.2 Å². The molecule has 0 saturated heterocycles. The Kier molecular flexibility index (Phi) is 5.63. The molecule has 0 aliphatic heterocycles. The Morgan fingerprint density at radius 1 is 1.37 bits per heavy atom.